The standard InChI is InChI=1S/C11H19NO9/c1-4(14)12-7-5(15)2-11(20,10(18)19)21-9(7)8(17)6(16)3-13/h5-9,13,15-17,20H,2-3H2,1H3,(H,12,14)(H,18,19)/t5-,6+,7+,8+,9+,11+/m1/s1. The van der Waals surface area contributed by atoms with Gasteiger partial charge in [0, 0.05) is 13.3 Å². The van der Waals surface area contributed by atoms with Gasteiger partial charge in [-0.15, -0.1) is 0 Å². The summed E-state index contributed by atoms with van der Waals surface area (Å²) in [6.45, 7) is 0.256. The van der Waals surface area contributed by atoms with Crippen molar-refractivity contribution in [2.45, 2.75) is 49.6 Å². The summed E-state index contributed by atoms with van der Waals surface area (Å²) < 4.78 is 4.86. The Morgan fingerprint density at radius 1 is 1.43 bits per heavy atom. The molecule has 0 saturated carbocycles. The number of hydrogen-bond acceptors (Lipinski definition) is 8. The zero-order valence-electron chi connectivity index (χ0n) is 11.2. The van der Waals surface area contributed by atoms with Crippen LogP contribution in [0, 0.1) is 0 Å². The number of rotatable bonds is 5. The van der Waals surface area contributed by atoms with Crippen molar-refractivity contribution in [1.29, 1.82) is 0 Å². The summed E-state index contributed by atoms with van der Waals surface area (Å²) >= 11 is 0. The summed E-state index contributed by atoms with van der Waals surface area (Å²) in [5.41, 5.74) is 0. The summed E-state index contributed by atoms with van der Waals surface area (Å²) in [7, 11) is 0. The lowest BCUT2D eigenvalue weighted by atomic mass is 9.88. The first-order chi connectivity index (χ1) is 9.62. The fourth-order valence-corrected chi connectivity index (χ4v) is 2.14. The summed E-state index contributed by atoms with van der Waals surface area (Å²) in [5.74, 6) is -5.17. The molecule has 122 valence electrons. The van der Waals surface area contributed by atoms with Gasteiger partial charge in [0.2, 0.25) is 5.91 Å². The van der Waals surface area contributed by atoms with E-state index in [2.05, 4.69) is 5.32 Å². The van der Waals surface area contributed by atoms with Gasteiger partial charge in [0.05, 0.1) is 18.8 Å². The Balaban J connectivity index is 3.07. The molecule has 1 amide bonds. The molecule has 1 saturated heterocycles. The largest absolute Gasteiger partial charge is 0.477 e. The summed E-state index contributed by atoms with van der Waals surface area (Å²) in [6.07, 6.45) is -7.48. The zero-order chi connectivity index (χ0) is 16.4. The van der Waals surface area contributed by atoms with Crippen LogP contribution in [0.3, 0.4) is 0 Å². The number of carbonyl (C=O) groups excluding carboxylic acids is 1. The van der Waals surface area contributed by atoms with E-state index in [0.29, 0.717) is 0 Å². The highest BCUT2D eigenvalue weighted by Gasteiger charge is 2.53. The molecule has 1 heterocycles. The van der Waals surface area contributed by atoms with Crippen LogP contribution in [-0.4, -0.2) is 85.4 Å². The van der Waals surface area contributed by atoms with E-state index < -0.39 is 61.1 Å². The summed E-state index contributed by atoms with van der Waals surface area (Å²) in [6, 6.07) is -1.27. The second-order valence-corrected chi connectivity index (χ2v) is 4.91. The Morgan fingerprint density at radius 3 is 2.43 bits per heavy atom. The van der Waals surface area contributed by atoms with Gasteiger partial charge < -0.3 is 40.7 Å². The molecule has 0 aromatic carbocycles. The smallest absolute Gasteiger partial charge is 0.364 e. The number of aliphatic hydroxyl groups is 5. The first kappa shape index (κ1) is 17.8. The predicted octanol–water partition coefficient (Wildman–Crippen LogP) is -3.87. The van der Waals surface area contributed by atoms with Crippen molar-refractivity contribution in [2.75, 3.05) is 6.61 Å². The first-order valence-electron chi connectivity index (χ1n) is 6.18. The van der Waals surface area contributed by atoms with E-state index >= 15 is 0 Å². The Kier molecular flexibility index (Phi) is 5.61. The SMILES string of the molecule is CC(=O)N[C@@H]1[C@@H]([C@@H](O)[C@@H](O)CO)O[C@](O)(C(=O)O)C[C@H]1O. The second-order valence-electron chi connectivity index (χ2n) is 4.91. The highest BCUT2D eigenvalue weighted by Crippen LogP contribution is 2.30. The Hall–Kier alpha value is -1.30. The third kappa shape index (κ3) is 3.87. The predicted molar refractivity (Wildman–Crippen MR) is 64.8 cm³/mol. The number of aliphatic carboxylic acids is 1. The fraction of sp³-hybridized carbons (Fsp3) is 0.818. The Morgan fingerprint density at radius 2 is 2.00 bits per heavy atom. The second kappa shape index (κ2) is 6.64. The lowest BCUT2D eigenvalue weighted by Gasteiger charge is -2.44. The number of amides is 1. The monoisotopic (exact) mass is 309 g/mol. The Labute approximate surface area is 119 Å². The maximum Gasteiger partial charge on any atom is 0.364 e. The maximum atomic E-state index is 11.1. The topological polar surface area (TPSA) is 177 Å². The minimum atomic E-state index is -2.78. The average molecular weight is 309 g/mol. The molecule has 0 radical (unpaired) electrons. The van der Waals surface area contributed by atoms with E-state index in [1.165, 1.54) is 0 Å². The first-order valence-corrected chi connectivity index (χ1v) is 6.18. The molecule has 0 spiro atoms. The minimum Gasteiger partial charge on any atom is -0.477 e. The minimum absolute atomic E-state index is 0.598. The highest BCUT2D eigenvalue weighted by atomic mass is 16.7. The number of carbonyl (C=O) groups is 2. The molecule has 0 bridgehead atoms. The molecular formula is C11H19NO9. The van der Waals surface area contributed by atoms with Crippen LogP contribution in [0.1, 0.15) is 13.3 Å². The van der Waals surface area contributed by atoms with Gasteiger partial charge >= 0.3 is 5.97 Å². The fourth-order valence-electron chi connectivity index (χ4n) is 2.14. The lowest BCUT2D eigenvalue weighted by Crippen LogP contribution is -2.67. The number of ether oxygens (including phenoxy) is 1. The quantitative estimate of drug-likeness (QED) is 0.268. The molecule has 1 aliphatic rings. The molecule has 7 N–H and O–H groups in total. The number of hydrogen-bond donors (Lipinski definition) is 7. The molecule has 0 aliphatic carbocycles. The molecule has 0 aromatic rings. The van der Waals surface area contributed by atoms with Gasteiger partial charge in [0.1, 0.15) is 18.3 Å². The van der Waals surface area contributed by atoms with Crippen LogP contribution >= 0.6 is 0 Å². The molecule has 1 rings (SSSR count). The number of carboxylic acid groups (broad SMARTS) is 1. The van der Waals surface area contributed by atoms with Crippen molar-refractivity contribution >= 4 is 11.9 Å². The van der Waals surface area contributed by atoms with Gasteiger partial charge in [-0.1, -0.05) is 0 Å². The van der Waals surface area contributed by atoms with Crippen molar-refractivity contribution in [3.05, 3.63) is 0 Å². The van der Waals surface area contributed by atoms with E-state index in [0.717, 1.165) is 6.92 Å². The van der Waals surface area contributed by atoms with E-state index in [1.54, 1.807) is 0 Å². The molecule has 1 aliphatic heterocycles. The van der Waals surface area contributed by atoms with E-state index in [-0.39, 0.29) is 0 Å². The zero-order valence-corrected chi connectivity index (χ0v) is 11.2. The molecule has 10 nitrogen and oxygen atoms in total. The van der Waals surface area contributed by atoms with Crippen LogP contribution in [0.2, 0.25) is 0 Å². The normalized spacial score (nSPS) is 35.8. The van der Waals surface area contributed by atoms with Crippen LogP contribution in [0.25, 0.3) is 0 Å². The molecule has 21 heavy (non-hydrogen) atoms. The van der Waals surface area contributed by atoms with E-state index in [1.807, 2.05) is 0 Å². The Bertz CT molecular complexity index is 403. The highest BCUT2D eigenvalue weighted by molar-refractivity contribution is 5.76. The van der Waals surface area contributed by atoms with Crippen LogP contribution < -0.4 is 5.32 Å². The van der Waals surface area contributed by atoms with Crippen molar-refractivity contribution in [2.24, 2.45) is 0 Å². The maximum absolute atomic E-state index is 11.1. The van der Waals surface area contributed by atoms with Crippen molar-refractivity contribution in [1.82, 2.24) is 5.32 Å². The summed E-state index contributed by atoms with van der Waals surface area (Å²) in [5, 5.41) is 59.0. The van der Waals surface area contributed by atoms with Crippen LogP contribution in [0.15, 0.2) is 0 Å². The van der Waals surface area contributed by atoms with Crippen molar-refractivity contribution in [3.8, 4) is 0 Å². The third-order valence-corrected chi connectivity index (χ3v) is 3.21. The van der Waals surface area contributed by atoms with Gasteiger partial charge in [-0.25, -0.2) is 4.79 Å². The molecular weight excluding hydrogens is 290 g/mol. The van der Waals surface area contributed by atoms with Crippen molar-refractivity contribution in [3.63, 3.8) is 0 Å². The lowest BCUT2D eigenvalue weighted by molar-refractivity contribution is -0.295. The van der Waals surface area contributed by atoms with Crippen LogP contribution in [0.4, 0.5) is 0 Å². The average Bonchev–Trinajstić information content (AvgIpc) is 2.39. The number of carboxylic acids is 1. The van der Waals surface area contributed by atoms with Crippen molar-refractivity contribution < 1.29 is 45.0 Å². The molecule has 1 fully saturated rings. The molecule has 10 heteroatoms. The van der Waals surface area contributed by atoms with E-state index in [9.17, 15) is 30.0 Å². The number of nitrogens with one attached hydrogen (secondary N) is 1. The van der Waals surface area contributed by atoms with Gasteiger partial charge in [-0.3, -0.25) is 4.79 Å². The summed E-state index contributed by atoms with van der Waals surface area (Å²) in [4.78, 5) is 22.1. The van der Waals surface area contributed by atoms with Gasteiger partial charge in [0.15, 0.2) is 0 Å². The molecule has 6 atom stereocenters. The third-order valence-electron chi connectivity index (χ3n) is 3.21. The van der Waals surface area contributed by atoms with Gasteiger partial charge in [-0.2, -0.15) is 0 Å². The molecule has 0 aromatic heterocycles. The van der Waals surface area contributed by atoms with E-state index in [4.69, 9.17) is 14.9 Å². The van der Waals surface area contributed by atoms with Crippen LogP contribution in [0.5, 0.6) is 0 Å². The van der Waals surface area contributed by atoms with Gasteiger partial charge in [-0.05, 0) is 0 Å². The van der Waals surface area contributed by atoms with Gasteiger partial charge in [0.25, 0.3) is 5.79 Å². The van der Waals surface area contributed by atoms with Crippen LogP contribution in [-0.2, 0) is 14.3 Å². The molecule has 0 unspecified atom stereocenters. The number of aliphatic hydroxyl groups excluding tert-OH is 4.